The van der Waals surface area contributed by atoms with Crippen molar-refractivity contribution < 1.29 is 9.18 Å². The molecule has 1 N–H and O–H groups in total. The number of likely N-dealkylation sites (tertiary alicyclic amines) is 1. The van der Waals surface area contributed by atoms with Crippen molar-refractivity contribution in [3.8, 4) is 5.69 Å². The molecular formula is C23H27FN6O. The molecule has 4 rings (SSSR count). The molecule has 1 aromatic carbocycles. The zero-order valence-corrected chi connectivity index (χ0v) is 18.0. The van der Waals surface area contributed by atoms with Gasteiger partial charge in [0.15, 0.2) is 0 Å². The number of amides is 1. The number of piperidine rings is 1. The summed E-state index contributed by atoms with van der Waals surface area (Å²) in [5, 5.41) is 12.0. The molecule has 31 heavy (non-hydrogen) atoms. The van der Waals surface area contributed by atoms with Crippen molar-refractivity contribution in [2.24, 2.45) is 5.92 Å². The lowest BCUT2D eigenvalue weighted by molar-refractivity contribution is 0.0539. The number of aromatic nitrogens is 4. The molecule has 0 bridgehead atoms. The van der Waals surface area contributed by atoms with Gasteiger partial charge in [-0.2, -0.15) is 15.0 Å². The molecule has 3 heterocycles. The minimum atomic E-state index is -0.372. The fourth-order valence-corrected chi connectivity index (χ4v) is 4.11. The maximum atomic E-state index is 13.7. The summed E-state index contributed by atoms with van der Waals surface area (Å²) in [5.74, 6) is 0.518. The van der Waals surface area contributed by atoms with Gasteiger partial charge in [0.2, 0.25) is 0 Å². The Balaban J connectivity index is 1.61. The highest BCUT2D eigenvalue weighted by atomic mass is 19.1. The average molecular weight is 423 g/mol. The molecule has 1 saturated heterocycles. The van der Waals surface area contributed by atoms with Gasteiger partial charge in [-0.3, -0.25) is 4.79 Å². The zero-order valence-electron chi connectivity index (χ0n) is 18.0. The van der Waals surface area contributed by atoms with Crippen LogP contribution in [-0.4, -0.2) is 49.9 Å². The Morgan fingerprint density at radius 3 is 2.77 bits per heavy atom. The third kappa shape index (κ3) is 4.57. The first-order valence-electron chi connectivity index (χ1n) is 10.6. The maximum Gasteiger partial charge on any atom is 0.256 e. The fourth-order valence-electron chi connectivity index (χ4n) is 4.11. The van der Waals surface area contributed by atoms with Crippen LogP contribution in [0.3, 0.4) is 0 Å². The van der Waals surface area contributed by atoms with E-state index in [2.05, 4.69) is 27.4 Å². The van der Waals surface area contributed by atoms with Crippen LogP contribution in [0.15, 0.2) is 42.7 Å². The van der Waals surface area contributed by atoms with E-state index >= 15 is 0 Å². The van der Waals surface area contributed by atoms with Crippen molar-refractivity contribution in [3.63, 3.8) is 0 Å². The molecular weight excluding hydrogens is 395 g/mol. The maximum absolute atomic E-state index is 13.7. The first-order valence-corrected chi connectivity index (χ1v) is 10.6. The molecule has 0 aliphatic carbocycles. The van der Waals surface area contributed by atoms with Gasteiger partial charge in [0, 0.05) is 13.1 Å². The number of nitrogens with zero attached hydrogens (tertiary/aromatic N) is 5. The van der Waals surface area contributed by atoms with Crippen LogP contribution in [0.4, 0.5) is 10.2 Å². The summed E-state index contributed by atoms with van der Waals surface area (Å²) >= 11 is 0. The number of hydrogen-bond acceptors (Lipinski definition) is 5. The van der Waals surface area contributed by atoms with Crippen molar-refractivity contribution in [2.75, 3.05) is 18.4 Å². The van der Waals surface area contributed by atoms with Crippen molar-refractivity contribution in [1.82, 2.24) is 24.9 Å². The number of hydrogen-bond donors (Lipinski definition) is 1. The Kier molecular flexibility index (Phi) is 5.97. The Morgan fingerprint density at radius 2 is 2.06 bits per heavy atom. The predicted molar refractivity (Wildman–Crippen MR) is 117 cm³/mol. The molecule has 1 amide bonds. The van der Waals surface area contributed by atoms with Gasteiger partial charge < -0.3 is 10.2 Å². The van der Waals surface area contributed by atoms with Crippen molar-refractivity contribution >= 4 is 11.7 Å². The van der Waals surface area contributed by atoms with E-state index < -0.39 is 0 Å². The molecule has 8 heteroatoms. The van der Waals surface area contributed by atoms with Gasteiger partial charge in [0.1, 0.15) is 11.6 Å². The third-order valence-electron chi connectivity index (χ3n) is 5.80. The molecule has 1 unspecified atom stereocenters. The van der Waals surface area contributed by atoms with E-state index in [1.165, 1.54) is 17.1 Å². The molecule has 2 aromatic heterocycles. The summed E-state index contributed by atoms with van der Waals surface area (Å²) in [6.07, 6.45) is 4.87. The fraction of sp³-hybridized carbons (Fsp3) is 0.391. The van der Waals surface area contributed by atoms with Gasteiger partial charge in [0.25, 0.3) is 5.91 Å². The van der Waals surface area contributed by atoms with Crippen LogP contribution in [0.25, 0.3) is 5.69 Å². The van der Waals surface area contributed by atoms with Crippen molar-refractivity contribution in [1.29, 1.82) is 0 Å². The normalized spacial score (nSPS) is 18.8. The summed E-state index contributed by atoms with van der Waals surface area (Å²) in [4.78, 5) is 21.3. The van der Waals surface area contributed by atoms with E-state index in [4.69, 9.17) is 0 Å². The van der Waals surface area contributed by atoms with E-state index in [0.717, 1.165) is 24.1 Å². The quantitative estimate of drug-likeness (QED) is 0.677. The number of carbonyl (C=O) groups is 1. The number of halogens is 1. The van der Waals surface area contributed by atoms with Gasteiger partial charge in [-0.15, -0.1) is 0 Å². The largest absolute Gasteiger partial charge is 0.368 e. The number of anilines is 1. The SMILES string of the molecule is Cc1ccc(-n2ncc(C)n2)c(C(=O)N2CCC[C@@H](C)C2CNc2ccc(F)cn2)c1. The Bertz CT molecular complexity index is 1060. The van der Waals surface area contributed by atoms with Crippen LogP contribution in [0.2, 0.25) is 0 Å². The molecule has 1 aliphatic heterocycles. The van der Waals surface area contributed by atoms with E-state index in [0.29, 0.717) is 36.1 Å². The number of rotatable bonds is 5. The number of pyridine rings is 1. The standard InChI is InChI=1S/C23H27FN6O/c1-15-6-8-20(30-27-12-17(3)28-30)19(11-15)23(31)29-10-4-5-16(2)21(29)14-26-22-9-7-18(24)13-25-22/h6-9,11-13,16,21H,4-5,10,14H2,1-3H3,(H,25,26)/t16-,21?/m1/s1. The lowest BCUT2D eigenvalue weighted by Gasteiger charge is -2.40. The Labute approximate surface area is 181 Å². The second-order valence-electron chi connectivity index (χ2n) is 8.22. The van der Waals surface area contributed by atoms with E-state index in [9.17, 15) is 9.18 Å². The topological polar surface area (TPSA) is 75.9 Å². The van der Waals surface area contributed by atoms with E-state index in [-0.39, 0.29) is 17.8 Å². The minimum absolute atomic E-state index is 0.00576. The van der Waals surface area contributed by atoms with Crippen LogP contribution in [-0.2, 0) is 0 Å². The predicted octanol–water partition coefficient (Wildman–Crippen LogP) is 3.77. The summed E-state index contributed by atoms with van der Waals surface area (Å²) in [7, 11) is 0. The lowest BCUT2D eigenvalue weighted by atomic mass is 9.89. The lowest BCUT2D eigenvalue weighted by Crippen LogP contribution is -2.51. The van der Waals surface area contributed by atoms with Gasteiger partial charge in [-0.25, -0.2) is 9.37 Å². The van der Waals surface area contributed by atoms with Crippen LogP contribution < -0.4 is 5.32 Å². The molecule has 1 aliphatic rings. The van der Waals surface area contributed by atoms with Gasteiger partial charge in [0.05, 0.1) is 35.4 Å². The number of nitrogens with one attached hydrogen (secondary N) is 1. The Hall–Kier alpha value is -3.29. The summed E-state index contributed by atoms with van der Waals surface area (Å²) in [5.41, 5.74) is 3.06. The zero-order chi connectivity index (χ0) is 22.0. The van der Waals surface area contributed by atoms with E-state index in [1.807, 2.05) is 36.9 Å². The molecule has 1 fully saturated rings. The van der Waals surface area contributed by atoms with Gasteiger partial charge in [-0.1, -0.05) is 18.6 Å². The third-order valence-corrected chi connectivity index (χ3v) is 5.80. The molecule has 0 saturated carbocycles. The summed E-state index contributed by atoms with van der Waals surface area (Å²) in [6.45, 7) is 7.24. The minimum Gasteiger partial charge on any atom is -0.368 e. The van der Waals surface area contributed by atoms with E-state index in [1.54, 1.807) is 12.3 Å². The molecule has 7 nitrogen and oxygen atoms in total. The highest BCUT2D eigenvalue weighted by Gasteiger charge is 2.33. The number of aryl methyl sites for hydroxylation is 2. The van der Waals surface area contributed by atoms with Crippen LogP contribution in [0, 0.1) is 25.6 Å². The molecule has 0 spiro atoms. The summed E-state index contributed by atoms with van der Waals surface area (Å²) < 4.78 is 13.2. The second kappa shape index (κ2) is 8.83. The van der Waals surface area contributed by atoms with Gasteiger partial charge in [-0.05, 0) is 56.9 Å². The molecule has 3 aromatic rings. The number of benzene rings is 1. The monoisotopic (exact) mass is 422 g/mol. The average Bonchev–Trinajstić information content (AvgIpc) is 3.19. The molecule has 162 valence electrons. The first kappa shape index (κ1) is 21.0. The smallest absolute Gasteiger partial charge is 0.256 e. The first-order chi connectivity index (χ1) is 14.9. The molecule has 0 radical (unpaired) electrons. The second-order valence-corrected chi connectivity index (χ2v) is 8.22. The highest BCUT2D eigenvalue weighted by molar-refractivity contribution is 5.98. The van der Waals surface area contributed by atoms with Crippen LogP contribution in [0.1, 0.15) is 41.4 Å². The van der Waals surface area contributed by atoms with Crippen LogP contribution >= 0.6 is 0 Å². The summed E-state index contributed by atoms with van der Waals surface area (Å²) in [6, 6.07) is 8.74. The Morgan fingerprint density at radius 1 is 1.23 bits per heavy atom. The molecule has 2 atom stereocenters. The van der Waals surface area contributed by atoms with Crippen molar-refractivity contribution in [3.05, 3.63) is 65.4 Å². The van der Waals surface area contributed by atoms with Crippen LogP contribution in [0.5, 0.6) is 0 Å². The van der Waals surface area contributed by atoms with Gasteiger partial charge >= 0.3 is 0 Å². The highest BCUT2D eigenvalue weighted by Crippen LogP contribution is 2.27. The number of carbonyl (C=O) groups excluding carboxylic acids is 1. The van der Waals surface area contributed by atoms with Crippen molar-refractivity contribution in [2.45, 2.75) is 39.7 Å².